The summed E-state index contributed by atoms with van der Waals surface area (Å²) in [5.41, 5.74) is 2.95. The number of rotatable bonds is 5. The van der Waals surface area contributed by atoms with Crippen molar-refractivity contribution in [1.29, 1.82) is 0 Å². The van der Waals surface area contributed by atoms with Crippen LogP contribution in [0.25, 0.3) is 0 Å². The van der Waals surface area contributed by atoms with E-state index in [9.17, 15) is 13.2 Å². The molecule has 138 valence electrons. The van der Waals surface area contributed by atoms with Crippen molar-refractivity contribution < 1.29 is 13.2 Å². The lowest BCUT2D eigenvalue weighted by Crippen LogP contribution is -2.32. The maximum absolute atomic E-state index is 12.6. The van der Waals surface area contributed by atoms with Gasteiger partial charge in [-0.15, -0.1) is 0 Å². The zero-order valence-corrected chi connectivity index (χ0v) is 15.9. The number of aryl methyl sites for hydroxylation is 1. The van der Waals surface area contributed by atoms with Gasteiger partial charge >= 0.3 is 0 Å². The van der Waals surface area contributed by atoms with Crippen LogP contribution in [0.3, 0.4) is 0 Å². The van der Waals surface area contributed by atoms with Gasteiger partial charge in [0.25, 0.3) is 15.9 Å². The molecule has 2 aromatic rings. The molecule has 0 atom stereocenters. The molecule has 0 bridgehead atoms. The number of amides is 1. The van der Waals surface area contributed by atoms with Crippen LogP contribution in [0.1, 0.15) is 47.2 Å². The lowest BCUT2D eigenvalue weighted by atomic mass is 10.1. The topological polar surface area (TPSA) is 75.3 Å². The minimum absolute atomic E-state index is 0.135. The van der Waals surface area contributed by atoms with Crippen LogP contribution in [0.4, 0.5) is 5.69 Å². The highest BCUT2D eigenvalue weighted by Crippen LogP contribution is 2.22. The molecule has 0 radical (unpaired) electrons. The summed E-state index contributed by atoms with van der Waals surface area (Å²) >= 11 is 0. The first-order valence-corrected chi connectivity index (χ1v) is 10.3. The molecule has 0 saturated heterocycles. The van der Waals surface area contributed by atoms with Crippen molar-refractivity contribution in [2.24, 2.45) is 0 Å². The number of carbonyl (C=O) groups is 1. The van der Waals surface area contributed by atoms with E-state index in [0.29, 0.717) is 11.3 Å². The van der Waals surface area contributed by atoms with Gasteiger partial charge in [0.15, 0.2) is 0 Å². The van der Waals surface area contributed by atoms with Gasteiger partial charge < -0.3 is 5.32 Å². The zero-order valence-electron chi connectivity index (χ0n) is 15.1. The fraction of sp³-hybridized carbons (Fsp3) is 0.350. The minimum atomic E-state index is -3.70. The quantitative estimate of drug-likeness (QED) is 0.839. The molecule has 0 aromatic heterocycles. The second kappa shape index (κ2) is 7.50. The molecule has 0 spiro atoms. The minimum Gasteiger partial charge on any atom is -0.349 e. The maximum atomic E-state index is 12.6. The first-order valence-electron chi connectivity index (χ1n) is 8.87. The van der Waals surface area contributed by atoms with Crippen molar-refractivity contribution in [2.75, 3.05) is 4.72 Å². The Kier molecular flexibility index (Phi) is 5.32. The number of hydrogen-bond donors (Lipinski definition) is 2. The molecule has 5 nitrogen and oxygen atoms in total. The Labute approximate surface area is 154 Å². The molecule has 1 saturated carbocycles. The average Bonchev–Trinajstić information content (AvgIpc) is 3.12. The number of nitrogens with one attached hydrogen (secondary N) is 2. The van der Waals surface area contributed by atoms with Crippen LogP contribution in [0, 0.1) is 13.8 Å². The molecule has 0 unspecified atom stereocenters. The molecule has 1 aliphatic carbocycles. The van der Waals surface area contributed by atoms with Crippen LogP contribution in [-0.2, 0) is 10.0 Å². The van der Waals surface area contributed by atoms with E-state index >= 15 is 0 Å². The third-order valence-corrected chi connectivity index (χ3v) is 6.35. The SMILES string of the molecule is Cc1cccc(NS(=O)(=O)c2ccc(C(=O)NC3CCCC3)cc2)c1C. The van der Waals surface area contributed by atoms with E-state index in [1.54, 1.807) is 18.2 Å². The van der Waals surface area contributed by atoms with Crippen molar-refractivity contribution >= 4 is 21.6 Å². The summed E-state index contributed by atoms with van der Waals surface area (Å²) in [5, 5.41) is 3.00. The first kappa shape index (κ1) is 18.5. The molecule has 3 rings (SSSR count). The number of carbonyl (C=O) groups excluding carboxylic acids is 1. The maximum Gasteiger partial charge on any atom is 0.261 e. The lowest BCUT2D eigenvalue weighted by Gasteiger charge is -2.13. The number of sulfonamides is 1. The summed E-state index contributed by atoms with van der Waals surface area (Å²) in [7, 11) is -3.70. The van der Waals surface area contributed by atoms with Crippen molar-refractivity contribution in [1.82, 2.24) is 5.32 Å². The van der Waals surface area contributed by atoms with E-state index < -0.39 is 10.0 Å². The predicted molar refractivity (Wildman–Crippen MR) is 103 cm³/mol. The lowest BCUT2D eigenvalue weighted by molar-refractivity contribution is 0.0938. The molecule has 2 N–H and O–H groups in total. The fourth-order valence-corrected chi connectivity index (χ4v) is 4.31. The third kappa shape index (κ3) is 4.07. The van der Waals surface area contributed by atoms with Gasteiger partial charge in [0.1, 0.15) is 0 Å². The second-order valence-corrected chi connectivity index (χ2v) is 8.51. The zero-order chi connectivity index (χ0) is 18.7. The second-order valence-electron chi connectivity index (χ2n) is 6.83. The molecule has 1 fully saturated rings. The largest absolute Gasteiger partial charge is 0.349 e. The van der Waals surface area contributed by atoms with Crippen LogP contribution in [0.5, 0.6) is 0 Å². The normalized spacial score (nSPS) is 15.0. The predicted octanol–water partition coefficient (Wildman–Crippen LogP) is 3.78. The highest BCUT2D eigenvalue weighted by Gasteiger charge is 2.19. The smallest absolute Gasteiger partial charge is 0.261 e. The Morgan fingerprint density at radius 1 is 1.00 bits per heavy atom. The van der Waals surface area contributed by atoms with E-state index in [4.69, 9.17) is 0 Å². The van der Waals surface area contributed by atoms with E-state index in [-0.39, 0.29) is 16.8 Å². The molecule has 2 aromatic carbocycles. The molecule has 0 heterocycles. The molecular formula is C20H24N2O3S. The van der Waals surface area contributed by atoms with Crippen molar-refractivity contribution in [2.45, 2.75) is 50.5 Å². The summed E-state index contributed by atoms with van der Waals surface area (Å²) in [6, 6.07) is 11.8. The van der Waals surface area contributed by atoms with Gasteiger partial charge in [-0.2, -0.15) is 0 Å². The van der Waals surface area contributed by atoms with Crippen LogP contribution in [-0.4, -0.2) is 20.4 Å². The number of benzene rings is 2. The van der Waals surface area contributed by atoms with Gasteiger partial charge in [0.2, 0.25) is 0 Å². The van der Waals surface area contributed by atoms with E-state index in [2.05, 4.69) is 10.0 Å². The van der Waals surface area contributed by atoms with Gasteiger partial charge in [-0.05, 0) is 68.1 Å². The molecular weight excluding hydrogens is 348 g/mol. The summed E-state index contributed by atoms with van der Waals surface area (Å²) in [4.78, 5) is 12.4. The Morgan fingerprint density at radius 3 is 2.31 bits per heavy atom. The Balaban J connectivity index is 1.74. The third-order valence-electron chi connectivity index (χ3n) is 4.97. The summed E-state index contributed by atoms with van der Waals surface area (Å²) in [6.07, 6.45) is 4.31. The molecule has 26 heavy (non-hydrogen) atoms. The highest BCUT2D eigenvalue weighted by molar-refractivity contribution is 7.92. The van der Waals surface area contributed by atoms with Gasteiger partial charge in [-0.3, -0.25) is 9.52 Å². The van der Waals surface area contributed by atoms with Gasteiger partial charge in [0.05, 0.1) is 10.6 Å². The van der Waals surface area contributed by atoms with Crippen molar-refractivity contribution in [3.05, 3.63) is 59.2 Å². The van der Waals surface area contributed by atoms with E-state index in [1.807, 2.05) is 26.0 Å². The van der Waals surface area contributed by atoms with Gasteiger partial charge in [-0.1, -0.05) is 25.0 Å². The summed E-state index contributed by atoms with van der Waals surface area (Å²) < 4.78 is 27.8. The first-order chi connectivity index (χ1) is 12.4. The van der Waals surface area contributed by atoms with Crippen LogP contribution < -0.4 is 10.0 Å². The molecule has 1 amide bonds. The van der Waals surface area contributed by atoms with E-state index in [1.165, 1.54) is 12.1 Å². The molecule has 0 aliphatic heterocycles. The van der Waals surface area contributed by atoms with Crippen LogP contribution >= 0.6 is 0 Å². The van der Waals surface area contributed by atoms with Gasteiger partial charge in [0, 0.05) is 11.6 Å². The standard InChI is InChI=1S/C20H24N2O3S/c1-14-6-5-9-19(15(14)2)22-26(24,25)18-12-10-16(11-13-18)20(23)21-17-7-3-4-8-17/h5-6,9-13,17,22H,3-4,7-8H2,1-2H3,(H,21,23). The fourth-order valence-electron chi connectivity index (χ4n) is 3.19. The Morgan fingerprint density at radius 2 is 1.65 bits per heavy atom. The van der Waals surface area contributed by atoms with Crippen molar-refractivity contribution in [3.8, 4) is 0 Å². The van der Waals surface area contributed by atoms with Crippen molar-refractivity contribution in [3.63, 3.8) is 0 Å². The van der Waals surface area contributed by atoms with Crippen LogP contribution in [0.15, 0.2) is 47.4 Å². The number of anilines is 1. The highest BCUT2D eigenvalue weighted by atomic mass is 32.2. The molecule has 1 aliphatic rings. The van der Waals surface area contributed by atoms with Gasteiger partial charge in [-0.25, -0.2) is 8.42 Å². The van der Waals surface area contributed by atoms with Crippen LogP contribution in [0.2, 0.25) is 0 Å². The van der Waals surface area contributed by atoms with E-state index in [0.717, 1.165) is 36.8 Å². The summed E-state index contributed by atoms with van der Waals surface area (Å²) in [5.74, 6) is -0.150. The average molecular weight is 372 g/mol. The monoisotopic (exact) mass is 372 g/mol. The Bertz CT molecular complexity index is 899. The Hall–Kier alpha value is -2.34. The number of hydrogen-bond acceptors (Lipinski definition) is 3. The summed E-state index contributed by atoms with van der Waals surface area (Å²) in [6.45, 7) is 3.81. The molecule has 6 heteroatoms.